The highest BCUT2D eigenvalue weighted by Gasteiger charge is 2.29. The molecule has 2 heteroatoms. The van der Waals surface area contributed by atoms with E-state index < -0.39 is 0 Å². The minimum atomic E-state index is -0.0116. The summed E-state index contributed by atoms with van der Waals surface area (Å²) in [6.45, 7) is 13.7. The Morgan fingerprint density at radius 2 is 1.25 bits per heavy atom. The van der Waals surface area contributed by atoms with Crippen molar-refractivity contribution in [1.82, 2.24) is 0 Å². The predicted octanol–water partition coefficient (Wildman–Crippen LogP) is 6.42. The highest BCUT2D eigenvalue weighted by molar-refractivity contribution is 6.26. The summed E-state index contributed by atoms with van der Waals surface area (Å²) in [6, 6.07) is 20.0. The largest absolute Gasteiger partial charge is 0.369 e. The van der Waals surface area contributed by atoms with Crippen LogP contribution in [0.5, 0.6) is 0 Å². The van der Waals surface area contributed by atoms with Crippen LogP contribution in [0.3, 0.4) is 0 Å². The number of hydrogen-bond donors (Lipinski definition) is 0. The van der Waals surface area contributed by atoms with Gasteiger partial charge in [-0.1, -0.05) is 36.4 Å². The van der Waals surface area contributed by atoms with E-state index in [2.05, 4.69) is 119 Å². The van der Waals surface area contributed by atoms with Crippen LogP contribution in [0.2, 0.25) is 0 Å². The average Bonchev–Trinajstić information content (AvgIpc) is 2.65. The van der Waals surface area contributed by atoms with E-state index in [4.69, 9.17) is 0 Å². The van der Waals surface area contributed by atoms with Crippen LogP contribution in [0.4, 0.5) is 5.69 Å². The molecule has 0 radical (unpaired) electrons. The average molecular weight is 372 g/mol. The van der Waals surface area contributed by atoms with Crippen LogP contribution in [0, 0.1) is 0 Å². The molecule has 2 nitrogen and oxygen atoms in total. The number of hydrogen-bond acceptors (Lipinski definition) is 1. The molecule has 0 aliphatic heterocycles. The van der Waals surface area contributed by atoms with Gasteiger partial charge in [0, 0.05) is 39.4 Å². The molecule has 0 bridgehead atoms. The summed E-state index contributed by atoms with van der Waals surface area (Å²) in [5.74, 6) is 0. The van der Waals surface area contributed by atoms with Crippen molar-refractivity contribution in [3.05, 3.63) is 60.8 Å². The van der Waals surface area contributed by atoms with Crippen molar-refractivity contribution in [2.24, 2.45) is 0 Å². The fraction of sp³-hybridized carbons (Fsp3) is 0.346. The summed E-state index contributed by atoms with van der Waals surface area (Å²) in [7, 11) is 2.21. The van der Waals surface area contributed by atoms with Crippen molar-refractivity contribution >= 4 is 38.1 Å². The van der Waals surface area contributed by atoms with Gasteiger partial charge in [-0.25, -0.2) is 0 Å². The smallest absolute Gasteiger partial charge is 0.223 e. The van der Waals surface area contributed by atoms with E-state index in [1.54, 1.807) is 0 Å². The molecule has 0 aliphatic carbocycles. The first-order valence-corrected chi connectivity index (χ1v) is 10.1. The highest BCUT2D eigenvalue weighted by Crippen LogP contribution is 2.40. The second-order valence-corrected chi connectivity index (χ2v) is 9.79. The Morgan fingerprint density at radius 3 is 1.86 bits per heavy atom. The van der Waals surface area contributed by atoms with Crippen LogP contribution in [0.15, 0.2) is 60.8 Å². The van der Waals surface area contributed by atoms with Gasteiger partial charge in [-0.2, -0.15) is 4.57 Å². The van der Waals surface area contributed by atoms with E-state index in [1.165, 1.54) is 38.1 Å². The van der Waals surface area contributed by atoms with Crippen LogP contribution in [-0.4, -0.2) is 12.6 Å². The molecule has 0 aliphatic rings. The summed E-state index contributed by atoms with van der Waals surface area (Å²) in [5, 5.41) is 6.61. The molecule has 0 saturated carbocycles. The summed E-state index contributed by atoms with van der Waals surface area (Å²) in [6.07, 6.45) is 2.23. The van der Waals surface area contributed by atoms with Gasteiger partial charge in [-0.3, -0.25) is 0 Å². The van der Waals surface area contributed by atoms with Crippen LogP contribution in [0.25, 0.3) is 32.4 Å². The number of nitrogens with zero attached hydrogens (tertiary/aromatic N) is 2. The maximum Gasteiger partial charge on any atom is 0.223 e. The van der Waals surface area contributed by atoms with Gasteiger partial charge in [0.1, 0.15) is 0 Å². The molecule has 0 amide bonds. The van der Waals surface area contributed by atoms with Gasteiger partial charge in [0.05, 0.1) is 16.5 Å². The molecule has 0 atom stereocenters. The molecule has 1 aromatic heterocycles. The van der Waals surface area contributed by atoms with Gasteiger partial charge in [-0.05, 0) is 49.1 Å². The molecule has 144 valence electrons. The van der Waals surface area contributed by atoms with Crippen LogP contribution in [0.1, 0.15) is 41.5 Å². The maximum atomic E-state index is 2.44. The third-order valence-electron chi connectivity index (χ3n) is 5.87. The molecular formula is C26H31N2+. The van der Waals surface area contributed by atoms with Crippen molar-refractivity contribution in [2.75, 3.05) is 11.9 Å². The molecule has 0 N–H and O–H groups in total. The van der Waals surface area contributed by atoms with Crippen LogP contribution in [-0.2, 0) is 5.54 Å². The Balaban J connectivity index is 2.34. The number of fused-ring (bicyclic) bond motifs is 6. The van der Waals surface area contributed by atoms with E-state index in [9.17, 15) is 0 Å². The lowest BCUT2D eigenvalue weighted by atomic mass is 9.93. The van der Waals surface area contributed by atoms with E-state index in [0.717, 1.165) is 0 Å². The van der Waals surface area contributed by atoms with Gasteiger partial charge in [-0.15, -0.1) is 0 Å². The zero-order valence-corrected chi connectivity index (χ0v) is 18.2. The van der Waals surface area contributed by atoms with Gasteiger partial charge >= 0.3 is 0 Å². The van der Waals surface area contributed by atoms with E-state index in [-0.39, 0.29) is 11.1 Å². The van der Waals surface area contributed by atoms with Crippen molar-refractivity contribution in [2.45, 2.75) is 52.6 Å². The van der Waals surface area contributed by atoms with Crippen LogP contribution >= 0.6 is 0 Å². The lowest BCUT2D eigenvalue weighted by molar-refractivity contribution is -0.729. The molecule has 0 saturated heterocycles. The third-order valence-corrected chi connectivity index (χ3v) is 5.87. The summed E-state index contributed by atoms with van der Waals surface area (Å²) < 4.78 is 2.44. The Hall–Kier alpha value is -2.61. The molecule has 0 fully saturated rings. The van der Waals surface area contributed by atoms with E-state index in [0.29, 0.717) is 0 Å². The standard InChI is InChI=1S/C26H31N2/c1-25(2,3)27(7)22-16-10-14-20-18-12-8-9-13-19(18)21-15-11-17-28(26(4,5)6)24(21)23(20)22/h8-17H,1-7H3/q+1. The fourth-order valence-corrected chi connectivity index (χ4v) is 4.15. The summed E-state index contributed by atoms with van der Waals surface area (Å²) >= 11 is 0. The van der Waals surface area contributed by atoms with Gasteiger partial charge in [0.15, 0.2) is 11.7 Å². The van der Waals surface area contributed by atoms with E-state index in [1.807, 2.05) is 0 Å². The normalized spacial score (nSPS) is 12.8. The Bertz CT molecular complexity index is 1190. The zero-order valence-electron chi connectivity index (χ0n) is 18.2. The molecule has 1 heterocycles. The van der Waals surface area contributed by atoms with Crippen molar-refractivity contribution in [1.29, 1.82) is 0 Å². The molecule has 28 heavy (non-hydrogen) atoms. The first-order chi connectivity index (χ1) is 13.1. The number of anilines is 1. The van der Waals surface area contributed by atoms with Crippen molar-refractivity contribution in [3.8, 4) is 0 Å². The van der Waals surface area contributed by atoms with E-state index >= 15 is 0 Å². The Labute approximate surface area is 168 Å². The predicted molar refractivity (Wildman–Crippen MR) is 122 cm³/mol. The molecule has 0 spiro atoms. The van der Waals surface area contributed by atoms with Gasteiger partial charge in [0.25, 0.3) is 0 Å². The lowest BCUT2D eigenvalue weighted by Crippen LogP contribution is -2.50. The minimum Gasteiger partial charge on any atom is -0.369 e. The first kappa shape index (κ1) is 18.7. The number of rotatable bonds is 1. The van der Waals surface area contributed by atoms with Gasteiger partial charge < -0.3 is 4.90 Å². The Morgan fingerprint density at radius 1 is 0.679 bits per heavy atom. The zero-order chi connectivity index (χ0) is 20.3. The molecule has 4 rings (SSSR count). The lowest BCUT2D eigenvalue weighted by Gasteiger charge is -2.35. The highest BCUT2D eigenvalue weighted by atomic mass is 15.2. The van der Waals surface area contributed by atoms with Crippen molar-refractivity contribution < 1.29 is 4.57 Å². The molecule has 3 aromatic carbocycles. The second kappa shape index (κ2) is 6.20. The maximum absolute atomic E-state index is 2.44. The number of aromatic nitrogens is 1. The van der Waals surface area contributed by atoms with Gasteiger partial charge in [0.2, 0.25) is 5.52 Å². The fourth-order valence-electron chi connectivity index (χ4n) is 4.15. The second-order valence-electron chi connectivity index (χ2n) is 9.79. The SMILES string of the molecule is CN(c1cccc2c3ccccc3c3ccc[n+](C(C)(C)C)c3c12)C(C)(C)C. The van der Waals surface area contributed by atoms with Crippen molar-refractivity contribution in [3.63, 3.8) is 0 Å². The number of benzene rings is 3. The molecule has 0 unspecified atom stereocenters. The molecule has 4 aromatic rings. The van der Waals surface area contributed by atoms with Crippen LogP contribution < -0.4 is 9.47 Å². The topological polar surface area (TPSA) is 7.12 Å². The summed E-state index contributed by atoms with van der Waals surface area (Å²) in [5.41, 5.74) is 2.62. The summed E-state index contributed by atoms with van der Waals surface area (Å²) in [4.78, 5) is 2.41. The minimum absolute atomic E-state index is 0.0116. The molecular weight excluding hydrogens is 340 g/mol. The monoisotopic (exact) mass is 371 g/mol. The Kier molecular flexibility index (Phi) is 4.15. The third kappa shape index (κ3) is 2.83. The quantitative estimate of drug-likeness (QED) is 0.276. The first-order valence-electron chi connectivity index (χ1n) is 10.1. The number of pyridine rings is 1.